The van der Waals surface area contributed by atoms with Crippen LogP contribution in [0.25, 0.3) is 0 Å². The van der Waals surface area contributed by atoms with Crippen LogP contribution < -0.4 is 0 Å². The number of carbonyl (C=O) groups excluding carboxylic acids is 1. The number of esters is 1. The first-order valence-corrected chi connectivity index (χ1v) is 9.45. The number of carbonyl (C=O) groups is 1. The van der Waals surface area contributed by atoms with Crippen LogP contribution in [0.4, 0.5) is 5.69 Å². The molecule has 0 radical (unpaired) electrons. The van der Waals surface area contributed by atoms with Crippen LogP contribution in [0.1, 0.15) is 48.9 Å². The fraction of sp³-hybridized carbons (Fsp3) is 0.550. The number of hydrogen-bond acceptors (Lipinski definition) is 6. The summed E-state index contributed by atoms with van der Waals surface area (Å²) in [6.45, 7) is 1.13. The van der Waals surface area contributed by atoms with E-state index in [0.717, 1.165) is 32.1 Å². The Morgan fingerprint density at radius 1 is 1.15 bits per heavy atom. The highest BCUT2D eigenvalue weighted by molar-refractivity contribution is 5.89. The topological polar surface area (TPSA) is 87.9 Å². The van der Waals surface area contributed by atoms with Gasteiger partial charge in [-0.1, -0.05) is 12.2 Å². The summed E-state index contributed by atoms with van der Waals surface area (Å²) in [7, 11) is 0. The summed E-state index contributed by atoms with van der Waals surface area (Å²) in [5.74, 6) is -1.14. The average Bonchev–Trinajstić information content (AvgIpc) is 3.23. The van der Waals surface area contributed by atoms with Gasteiger partial charge in [-0.3, -0.25) is 10.1 Å². The first kappa shape index (κ1) is 18.1. The van der Waals surface area contributed by atoms with Crippen molar-refractivity contribution >= 4 is 11.7 Å². The Balaban J connectivity index is 1.59. The van der Waals surface area contributed by atoms with Crippen LogP contribution in [0.3, 0.4) is 0 Å². The lowest BCUT2D eigenvalue weighted by Gasteiger charge is -2.45. The first-order chi connectivity index (χ1) is 13.1. The zero-order chi connectivity index (χ0) is 18.9. The monoisotopic (exact) mass is 373 g/mol. The van der Waals surface area contributed by atoms with Crippen molar-refractivity contribution in [3.63, 3.8) is 0 Å². The number of hydrogen-bond donors (Lipinski definition) is 0. The Morgan fingerprint density at radius 3 is 2.59 bits per heavy atom. The SMILES string of the molecule is O=C(O[C@@H]1CCC=CC[C@@]12CCCC21OCCO1)c1ccc([N+](=O)[O-])cc1. The van der Waals surface area contributed by atoms with Crippen LogP contribution in [0.5, 0.6) is 0 Å². The number of nitro groups is 1. The third-order valence-corrected chi connectivity index (χ3v) is 6.06. The Hall–Kier alpha value is -2.25. The number of nitrogens with zero attached hydrogens (tertiary/aromatic N) is 1. The molecule has 2 spiro atoms. The largest absolute Gasteiger partial charge is 0.458 e. The van der Waals surface area contributed by atoms with Crippen LogP contribution in [-0.2, 0) is 14.2 Å². The maximum Gasteiger partial charge on any atom is 0.338 e. The molecular formula is C20H23NO6. The van der Waals surface area contributed by atoms with Gasteiger partial charge in [-0.25, -0.2) is 4.79 Å². The molecule has 0 unspecified atom stereocenters. The van der Waals surface area contributed by atoms with E-state index >= 15 is 0 Å². The van der Waals surface area contributed by atoms with Crippen molar-refractivity contribution in [2.24, 2.45) is 5.41 Å². The van der Waals surface area contributed by atoms with Crippen molar-refractivity contribution in [2.45, 2.75) is 50.4 Å². The van der Waals surface area contributed by atoms with E-state index in [2.05, 4.69) is 12.2 Å². The minimum absolute atomic E-state index is 0.0517. The van der Waals surface area contributed by atoms with E-state index < -0.39 is 16.7 Å². The maximum atomic E-state index is 12.8. The molecule has 4 rings (SSSR count). The first-order valence-electron chi connectivity index (χ1n) is 9.45. The van der Waals surface area contributed by atoms with Gasteiger partial charge >= 0.3 is 5.97 Å². The molecule has 2 atom stereocenters. The molecule has 2 aliphatic carbocycles. The van der Waals surface area contributed by atoms with E-state index in [1.54, 1.807) is 0 Å². The Kier molecular flexibility index (Phi) is 4.74. The Labute approximate surface area is 157 Å². The quantitative estimate of drug-likeness (QED) is 0.347. The van der Waals surface area contributed by atoms with Crippen LogP contribution >= 0.6 is 0 Å². The smallest absolute Gasteiger partial charge is 0.338 e. The van der Waals surface area contributed by atoms with Gasteiger partial charge < -0.3 is 14.2 Å². The second-order valence-electron chi connectivity index (χ2n) is 7.41. The van der Waals surface area contributed by atoms with Crippen molar-refractivity contribution in [3.8, 4) is 0 Å². The van der Waals surface area contributed by atoms with Crippen molar-refractivity contribution < 1.29 is 23.9 Å². The molecule has 1 heterocycles. The lowest BCUT2D eigenvalue weighted by atomic mass is 9.72. The molecule has 7 heteroatoms. The van der Waals surface area contributed by atoms with E-state index in [9.17, 15) is 14.9 Å². The van der Waals surface area contributed by atoms with Crippen LogP contribution in [0, 0.1) is 15.5 Å². The van der Waals surface area contributed by atoms with Gasteiger partial charge in [0.25, 0.3) is 5.69 Å². The van der Waals surface area contributed by atoms with Gasteiger partial charge in [0.1, 0.15) is 6.10 Å². The highest BCUT2D eigenvalue weighted by Crippen LogP contribution is 2.58. The normalized spacial score (nSPS) is 29.1. The van der Waals surface area contributed by atoms with Crippen molar-refractivity contribution in [2.75, 3.05) is 13.2 Å². The number of nitro benzene ring substituents is 1. The number of fused-ring (bicyclic) bond motifs is 1. The highest BCUT2D eigenvalue weighted by Gasteiger charge is 2.63. The van der Waals surface area contributed by atoms with E-state index in [0.29, 0.717) is 25.2 Å². The van der Waals surface area contributed by atoms with Crippen molar-refractivity contribution in [3.05, 3.63) is 52.1 Å². The van der Waals surface area contributed by atoms with E-state index in [1.807, 2.05) is 0 Å². The number of allylic oxidation sites excluding steroid dienone is 2. The molecule has 2 fully saturated rings. The Morgan fingerprint density at radius 2 is 1.89 bits per heavy atom. The molecule has 1 saturated heterocycles. The summed E-state index contributed by atoms with van der Waals surface area (Å²) >= 11 is 0. The summed E-state index contributed by atoms with van der Waals surface area (Å²) in [6.07, 6.45) is 8.92. The maximum absolute atomic E-state index is 12.8. The molecule has 27 heavy (non-hydrogen) atoms. The zero-order valence-electron chi connectivity index (χ0n) is 15.1. The van der Waals surface area contributed by atoms with Crippen molar-refractivity contribution in [1.82, 2.24) is 0 Å². The third-order valence-electron chi connectivity index (χ3n) is 6.06. The summed E-state index contributed by atoms with van der Waals surface area (Å²) in [6, 6.07) is 5.52. The second kappa shape index (κ2) is 7.05. The molecule has 0 aromatic heterocycles. The van der Waals surface area contributed by atoms with Crippen molar-refractivity contribution in [1.29, 1.82) is 0 Å². The fourth-order valence-corrected chi connectivity index (χ4v) is 4.78. The second-order valence-corrected chi connectivity index (χ2v) is 7.41. The predicted octanol–water partition coefficient (Wildman–Crippen LogP) is 3.77. The van der Waals surface area contributed by atoms with Crippen LogP contribution in [-0.4, -0.2) is 36.0 Å². The number of rotatable bonds is 3. The fourth-order valence-electron chi connectivity index (χ4n) is 4.78. The molecule has 1 saturated carbocycles. The standard InChI is InChI=1S/C20H23NO6/c22-18(15-6-8-16(9-7-15)21(23)24)27-17-5-2-1-3-10-19(17)11-4-12-20(19)25-13-14-26-20/h1,3,6-9,17H,2,4-5,10-14H2/t17-,19-/m1/s1. The summed E-state index contributed by atoms with van der Waals surface area (Å²) in [4.78, 5) is 23.1. The number of non-ortho nitro benzene ring substituents is 1. The van der Waals surface area contributed by atoms with Gasteiger partial charge in [0, 0.05) is 18.6 Å². The minimum atomic E-state index is -0.678. The van der Waals surface area contributed by atoms with Crippen LogP contribution in [0.15, 0.2) is 36.4 Å². The molecule has 144 valence electrons. The van der Waals surface area contributed by atoms with Gasteiger partial charge in [0.05, 0.1) is 29.1 Å². The zero-order valence-corrected chi connectivity index (χ0v) is 15.1. The van der Waals surface area contributed by atoms with Crippen LogP contribution in [0.2, 0.25) is 0 Å². The molecule has 1 aliphatic heterocycles. The summed E-state index contributed by atoms with van der Waals surface area (Å²) in [5.41, 5.74) is -0.120. The van der Waals surface area contributed by atoms with Gasteiger partial charge in [0.2, 0.25) is 0 Å². The molecule has 0 N–H and O–H groups in total. The predicted molar refractivity (Wildman–Crippen MR) is 96.2 cm³/mol. The van der Waals surface area contributed by atoms with Gasteiger partial charge in [-0.2, -0.15) is 0 Å². The molecular weight excluding hydrogens is 350 g/mol. The number of ether oxygens (including phenoxy) is 3. The van der Waals surface area contributed by atoms with Gasteiger partial charge in [-0.05, 0) is 44.2 Å². The molecule has 1 aromatic carbocycles. The summed E-state index contributed by atoms with van der Waals surface area (Å²) in [5, 5.41) is 10.8. The lowest BCUT2D eigenvalue weighted by molar-refractivity contribution is -0.384. The minimum Gasteiger partial charge on any atom is -0.458 e. The van der Waals surface area contributed by atoms with E-state index in [4.69, 9.17) is 14.2 Å². The number of benzene rings is 1. The average molecular weight is 373 g/mol. The molecule has 3 aliphatic rings. The summed E-state index contributed by atoms with van der Waals surface area (Å²) < 4.78 is 18.1. The molecule has 0 amide bonds. The van der Waals surface area contributed by atoms with Gasteiger partial charge in [0.15, 0.2) is 5.79 Å². The Bertz CT molecular complexity index is 747. The lowest BCUT2D eigenvalue weighted by Crippen LogP contribution is -2.53. The highest BCUT2D eigenvalue weighted by atomic mass is 16.7. The molecule has 7 nitrogen and oxygen atoms in total. The van der Waals surface area contributed by atoms with E-state index in [-0.39, 0.29) is 17.2 Å². The molecule has 1 aromatic rings. The molecule has 0 bridgehead atoms. The third kappa shape index (κ3) is 3.04. The van der Waals surface area contributed by atoms with E-state index in [1.165, 1.54) is 24.3 Å². The van der Waals surface area contributed by atoms with Gasteiger partial charge in [-0.15, -0.1) is 0 Å².